The number of likely N-dealkylation sites (tertiary alicyclic amines) is 1. The highest BCUT2D eigenvalue weighted by molar-refractivity contribution is 5.93. The number of fused-ring (bicyclic) bond motifs is 1. The van der Waals surface area contributed by atoms with Crippen molar-refractivity contribution in [2.24, 2.45) is 0 Å². The van der Waals surface area contributed by atoms with Crippen LogP contribution in [0.3, 0.4) is 0 Å². The number of nitrogens with zero attached hydrogens (tertiary/aromatic N) is 3. The quantitative estimate of drug-likeness (QED) is 0.781. The Kier molecular flexibility index (Phi) is 3.77. The minimum Gasteiger partial charge on any atom is -0.391 e. The fourth-order valence-electron chi connectivity index (χ4n) is 3.40. The van der Waals surface area contributed by atoms with E-state index in [2.05, 4.69) is 4.98 Å². The molecular weight excluding hydrogens is 321 g/mol. The molecule has 2 atom stereocenters. The monoisotopic (exact) mass is 339 g/mol. The summed E-state index contributed by atoms with van der Waals surface area (Å²) < 4.78 is 15.4. The van der Waals surface area contributed by atoms with Gasteiger partial charge in [0.25, 0.3) is 5.91 Å². The largest absolute Gasteiger partial charge is 0.391 e. The molecule has 4 rings (SSSR count). The first kappa shape index (κ1) is 15.8. The molecule has 0 spiro atoms. The maximum Gasteiger partial charge on any atom is 0.274 e. The Labute approximate surface area is 144 Å². The van der Waals surface area contributed by atoms with Gasteiger partial charge < -0.3 is 14.4 Å². The Morgan fingerprint density at radius 3 is 2.96 bits per heavy atom. The lowest BCUT2D eigenvalue weighted by Crippen LogP contribution is -2.32. The number of aryl methyl sites for hydroxylation is 1. The van der Waals surface area contributed by atoms with Gasteiger partial charge in [-0.1, -0.05) is 12.1 Å². The lowest BCUT2D eigenvalue weighted by atomic mass is 10.0. The van der Waals surface area contributed by atoms with Gasteiger partial charge in [0.05, 0.1) is 12.1 Å². The number of pyridine rings is 1. The van der Waals surface area contributed by atoms with Crippen molar-refractivity contribution in [3.8, 4) is 0 Å². The van der Waals surface area contributed by atoms with Crippen molar-refractivity contribution in [1.29, 1.82) is 0 Å². The fraction of sp³-hybridized carbons (Fsp3) is 0.263. The van der Waals surface area contributed by atoms with Crippen molar-refractivity contribution in [3.63, 3.8) is 0 Å². The molecule has 1 fully saturated rings. The molecule has 0 radical (unpaired) electrons. The average Bonchev–Trinajstić information content (AvgIpc) is 3.17. The summed E-state index contributed by atoms with van der Waals surface area (Å²) in [6.45, 7) is 2.18. The molecule has 1 saturated heterocycles. The Balaban J connectivity index is 1.69. The lowest BCUT2D eigenvalue weighted by Gasteiger charge is -2.24. The van der Waals surface area contributed by atoms with Crippen LogP contribution in [0.25, 0.3) is 5.65 Å². The third-order valence-electron chi connectivity index (χ3n) is 4.61. The van der Waals surface area contributed by atoms with Crippen LogP contribution in [-0.4, -0.2) is 37.9 Å². The van der Waals surface area contributed by atoms with Crippen LogP contribution in [0.1, 0.15) is 34.1 Å². The number of carbonyl (C=O) groups excluding carboxylic acids is 1. The summed E-state index contributed by atoms with van der Waals surface area (Å²) in [5.74, 6) is -0.610. The van der Waals surface area contributed by atoms with Crippen LogP contribution in [0.5, 0.6) is 0 Å². The zero-order valence-electron chi connectivity index (χ0n) is 13.8. The van der Waals surface area contributed by atoms with Crippen molar-refractivity contribution in [2.45, 2.75) is 25.5 Å². The van der Waals surface area contributed by atoms with Crippen molar-refractivity contribution in [3.05, 3.63) is 71.4 Å². The molecule has 2 aromatic heterocycles. The van der Waals surface area contributed by atoms with E-state index in [1.807, 2.05) is 25.3 Å². The number of carbonyl (C=O) groups is 1. The maximum atomic E-state index is 13.6. The highest BCUT2D eigenvalue weighted by Crippen LogP contribution is 2.33. The van der Waals surface area contributed by atoms with Crippen molar-refractivity contribution in [1.82, 2.24) is 14.3 Å². The minimum atomic E-state index is -0.628. The number of rotatable bonds is 2. The second-order valence-corrected chi connectivity index (χ2v) is 6.51. The first-order valence-electron chi connectivity index (χ1n) is 8.21. The van der Waals surface area contributed by atoms with Gasteiger partial charge in [0.15, 0.2) is 0 Å². The van der Waals surface area contributed by atoms with Crippen LogP contribution in [0, 0.1) is 12.7 Å². The molecule has 1 aliphatic rings. The topological polar surface area (TPSA) is 57.8 Å². The van der Waals surface area contributed by atoms with Gasteiger partial charge in [0, 0.05) is 18.9 Å². The second kappa shape index (κ2) is 5.97. The first-order chi connectivity index (χ1) is 12.0. The molecular formula is C19H18FN3O2. The third-order valence-corrected chi connectivity index (χ3v) is 4.61. The van der Waals surface area contributed by atoms with E-state index >= 15 is 0 Å². The van der Waals surface area contributed by atoms with E-state index in [-0.39, 0.29) is 24.3 Å². The van der Waals surface area contributed by atoms with Crippen LogP contribution >= 0.6 is 0 Å². The highest BCUT2D eigenvalue weighted by Gasteiger charge is 2.36. The second-order valence-electron chi connectivity index (χ2n) is 6.51. The molecule has 6 heteroatoms. The molecule has 25 heavy (non-hydrogen) atoms. The normalized spacial score (nSPS) is 20.4. The minimum absolute atomic E-state index is 0.215. The molecule has 3 aromatic rings. The number of hydrogen-bond acceptors (Lipinski definition) is 3. The molecule has 1 aromatic carbocycles. The fourth-order valence-corrected chi connectivity index (χ4v) is 3.40. The van der Waals surface area contributed by atoms with Gasteiger partial charge in [-0.15, -0.1) is 0 Å². The number of hydrogen-bond donors (Lipinski definition) is 1. The molecule has 0 aliphatic carbocycles. The maximum absolute atomic E-state index is 13.6. The number of halogens is 1. The van der Waals surface area contributed by atoms with Crippen LogP contribution in [-0.2, 0) is 0 Å². The SMILES string of the molecule is Cc1ccn2cc(C(=O)N3CC(O)CC3c3cccc(F)c3)nc2c1. The van der Waals surface area contributed by atoms with E-state index in [9.17, 15) is 14.3 Å². The summed E-state index contributed by atoms with van der Waals surface area (Å²) in [5.41, 5.74) is 2.77. The molecule has 1 N–H and O–H groups in total. The summed E-state index contributed by atoms with van der Waals surface area (Å²) >= 11 is 0. The van der Waals surface area contributed by atoms with Crippen LogP contribution in [0.4, 0.5) is 4.39 Å². The van der Waals surface area contributed by atoms with Crippen molar-refractivity contribution < 1.29 is 14.3 Å². The average molecular weight is 339 g/mol. The van der Waals surface area contributed by atoms with Gasteiger partial charge in [-0.05, 0) is 48.7 Å². The van der Waals surface area contributed by atoms with E-state index < -0.39 is 6.10 Å². The number of aliphatic hydroxyl groups excluding tert-OH is 1. The number of aliphatic hydroxyl groups is 1. The summed E-state index contributed by atoms with van der Waals surface area (Å²) in [4.78, 5) is 18.9. The smallest absolute Gasteiger partial charge is 0.274 e. The molecule has 5 nitrogen and oxygen atoms in total. The number of aromatic nitrogens is 2. The predicted octanol–water partition coefficient (Wildman–Crippen LogP) is 2.73. The van der Waals surface area contributed by atoms with Gasteiger partial charge in [-0.25, -0.2) is 9.37 Å². The van der Waals surface area contributed by atoms with Gasteiger partial charge in [0.1, 0.15) is 17.2 Å². The van der Waals surface area contributed by atoms with Crippen molar-refractivity contribution in [2.75, 3.05) is 6.54 Å². The molecule has 3 heterocycles. The Bertz CT molecular complexity index is 953. The van der Waals surface area contributed by atoms with E-state index in [1.165, 1.54) is 12.1 Å². The molecule has 1 amide bonds. The Morgan fingerprint density at radius 2 is 2.16 bits per heavy atom. The van der Waals surface area contributed by atoms with Crippen LogP contribution in [0.2, 0.25) is 0 Å². The Morgan fingerprint density at radius 1 is 1.32 bits per heavy atom. The van der Waals surface area contributed by atoms with E-state index in [0.717, 1.165) is 5.56 Å². The van der Waals surface area contributed by atoms with Crippen LogP contribution < -0.4 is 0 Å². The van der Waals surface area contributed by atoms with E-state index in [0.29, 0.717) is 23.3 Å². The highest BCUT2D eigenvalue weighted by atomic mass is 19.1. The molecule has 0 saturated carbocycles. The van der Waals surface area contributed by atoms with Gasteiger partial charge in [0.2, 0.25) is 0 Å². The van der Waals surface area contributed by atoms with Crippen molar-refractivity contribution >= 4 is 11.6 Å². The Hall–Kier alpha value is -2.73. The summed E-state index contributed by atoms with van der Waals surface area (Å²) in [7, 11) is 0. The standard InChI is InChI=1S/C19H18FN3O2/c1-12-5-6-22-11-16(21-18(22)7-12)19(25)23-10-15(24)9-17(23)13-3-2-4-14(20)8-13/h2-8,11,15,17,24H,9-10H2,1H3. The lowest BCUT2D eigenvalue weighted by molar-refractivity contribution is 0.0710. The van der Waals surface area contributed by atoms with Gasteiger partial charge in [-0.3, -0.25) is 4.79 Å². The number of imidazole rings is 1. The molecule has 0 bridgehead atoms. The summed E-state index contributed by atoms with van der Waals surface area (Å²) in [5, 5.41) is 10.1. The number of β-amino-alcohol motifs (C(OH)–C–C–N with tert-alkyl or cyclic N) is 1. The van der Waals surface area contributed by atoms with E-state index in [4.69, 9.17) is 0 Å². The predicted molar refractivity (Wildman–Crippen MR) is 90.7 cm³/mol. The number of amides is 1. The van der Waals surface area contributed by atoms with Gasteiger partial charge in [-0.2, -0.15) is 0 Å². The third kappa shape index (κ3) is 2.89. The van der Waals surface area contributed by atoms with Gasteiger partial charge >= 0.3 is 0 Å². The molecule has 128 valence electrons. The molecule has 1 aliphatic heterocycles. The molecule has 2 unspecified atom stereocenters. The van der Waals surface area contributed by atoms with Crippen LogP contribution in [0.15, 0.2) is 48.8 Å². The summed E-state index contributed by atoms with van der Waals surface area (Å²) in [6.07, 6.45) is 3.31. The van der Waals surface area contributed by atoms with E-state index in [1.54, 1.807) is 27.6 Å². The first-order valence-corrected chi connectivity index (χ1v) is 8.21. The zero-order chi connectivity index (χ0) is 17.6. The number of benzene rings is 1. The zero-order valence-corrected chi connectivity index (χ0v) is 13.8. The summed E-state index contributed by atoms with van der Waals surface area (Å²) in [6, 6.07) is 9.66.